The summed E-state index contributed by atoms with van der Waals surface area (Å²) in [7, 11) is 1.58. The molecule has 0 radical (unpaired) electrons. The molecule has 3 N–H and O–H groups in total. The van der Waals surface area contributed by atoms with Gasteiger partial charge < -0.3 is 15.7 Å². The molecule has 0 saturated heterocycles. The van der Waals surface area contributed by atoms with Crippen molar-refractivity contribution in [1.29, 1.82) is 0 Å². The van der Waals surface area contributed by atoms with Gasteiger partial charge in [0.15, 0.2) is 0 Å². The highest BCUT2D eigenvalue weighted by Crippen LogP contribution is 2.18. The number of rotatable bonds is 4. The van der Waals surface area contributed by atoms with Gasteiger partial charge in [-0.25, -0.2) is 4.79 Å². The van der Waals surface area contributed by atoms with E-state index < -0.39 is 6.09 Å². The molecule has 0 aliphatic rings. The van der Waals surface area contributed by atoms with Gasteiger partial charge in [0.2, 0.25) is 0 Å². The Balaban J connectivity index is 4.08. The molecule has 0 heterocycles. The Morgan fingerprint density at radius 1 is 1.58 bits per heavy atom. The average molecular weight is 174 g/mol. The summed E-state index contributed by atoms with van der Waals surface area (Å²) >= 11 is 0. The zero-order chi connectivity index (χ0) is 9.78. The molecule has 0 unspecified atom stereocenters. The van der Waals surface area contributed by atoms with Gasteiger partial charge >= 0.3 is 6.09 Å². The van der Waals surface area contributed by atoms with Crippen molar-refractivity contribution in [1.82, 2.24) is 4.90 Å². The van der Waals surface area contributed by atoms with Crippen molar-refractivity contribution in [3.05, 3.63) is 0 Å². The third-order valence-corrected chi connectivity index (χ3v) is 2.19. The Morgan fingerprint density at radius 2 is 2.08 bits per heavy atom. The van der Waals surface area contributed by atoms with Crippen molar-refractivity contribution in [3.8, 4) is 0 Å². The van der Waals surface area contributed by atoms with Crippen LogP contribution in [0.3, 0.4) is 0 Å². The molecule has 0 rings (SSSR count). The first-order valence-corrected chi connectivity index (χ1v) is 4.08. The fourth-order valence-electron chi connectivity index (χ4n) is 0.961. The molecule has 0 spiro atoms. The van der Waals surface area contributed by atoms with Crippen LogP contribution in [0.25, 0.3) is 0 Å². The van der Waals surface area contributed by atoms with E-state index in [4.69, 9.17) is 10.8 Å². The summed E-state index contributed by atoms with van der Waals surface area (Å²) in [5, 5.41) is 8.71. The molecule has 0 bridgehead atoms. The molecule has 0 aromatic rings. The minimum atomic E-state index is -0.892. The van der Waals surface area contributed by atoms with E-state index in [0.717, 1.165) is 12.8 Å². The summed E-state index contributed by atoms with van der Waals surface area (Å²) in [6.45, 7) is 4.41. The number of carboxylic acid groups (broad SMARTS) is 1. The average Bonchev–Trinajstić information content (AvgIpc) is 1.99. The maximum atomic E-state index is 10.6. The van der Waals surface area contributed by atoms with Crippen molar-refractivity contribution in [2.24, 2.45) is 5.73 Å². The van der Waals surface area contributed by atoms with Gasteiger partial charge in [-0.3, -0.25) is 0 Å². The zero-order valence-corrected chi connectivity index (χ0v) is 8.00. The molecular weight excluding hydrogens is 156 g/mol. The maximum absolute atomic E-state index is 10.6. The Bertz CT molecular complexity index is 157. The molecule has 0 saturated carbocycles. The van der Waals surface area contributed by atoms with E-state index in [0.29, 0.717) is 6.54 Å². The zero-order valence-electron chi connectivity index (χ0n) is 8.00. The molecule has 0 fully saturated rings. The smallest absolute Gasteiger partial charge is 0.407 e. The van der Waals surface area contributed by atoms with Crippen molar-refractivity contribution in [3.63, 3.8) is 0 Å². The van der Waals surface area contributed by atoms with Gasteiger partial charge in [0.05, 0.1) is 0 Å². The van der Waals surface area contributed by atoms with Crippen LogP contribution in [0.5, 0.6) is 0 Å². The minimum absolute atomic E-state index is 0.314. The first-order chi connectivity index (χ1) is 5.41. The Hall–Kier alpha value is -0.770. The van der Waals surface area contributed by atoms with Gasteiger partial charge in [-0.2, -0.15) is 0 Å². The summed E-state index contributed by atoms with van der Waals surface area (Å²) in [5.41, 5.74) is 5.03. The normalized spacial score (nSPS) is 11.3. The number of nitrogens with two attached hydrogens (primary N) is 1. The Kier molecular flexibility index (Phi) is 4.03. The molecule has 4 heteroatoms. The third-order valence-electron chi connectivity index (χ3n) is 2.19. The third kappa shape index (κ3) is 3.09. The quantitative estimate of drug-likeness (QED) is 0.671. The second-order valence-electron chi connectivity index (χ2n) is 3.55. The van der Waals surface area contributed by atoms with Crippen LogP contribution in [-0.2, 0) is 0 Å². The number of amides is 1. The Morgan fingerprint density at radius 3 is 2.42 bits per heavy atom. The molecule has 4 nitrogen and oxygen atoms in total. The van der Waals surface area contributed by atoms with E-state index in [1.807, 2.05) is 13.8 Å². The number of hydrogen-bond acceptors (Lipinski definition) is 2. The fourth-order valence-corrected chi connectivity index (χ4v) is 0.961. The largest absolute Gasteiger partial charge is 0.465 e. The molecule has 72 valence electrons. The number of nitrogens with zero attached hydrogens (tertiary/aromatic N) is 1. The van der Waals surface area contributed by atoms with Crippen molar-refractivity contribution < 1.29 is 9.90 Å². The molecule has 0 aromatic heterocycles. The van der Waals surface area contributed by atoms with Gasteiger partial charge in [0, 0.05) is 12.6 Å². The second-order valence-corrected chi connectivity index (χ2v) is 3.55. The first-order valence-electron chi connectivity index (χ1n) is 4.08. The van der Waals surface area contributed by atoms with Gasteiger partial charge in [0.1, 0.15) is 0 Å². The number of carbonyl (C=O) groups is 1. The van der Waals surface area contributed by atoms with Crippen molar-refractivity contribution in [2.75, 3.05) is 13.6 Å². The lowest BCUT2D eigenvalue weighted by molar-refractivity contribution is 0.105. The highest BCUT2D eigenvalue weighted by molar-refractivity contribution is 5.65. The van der Waals surface area contributed by atoms with Crippen LogP contribution < -0.4 is 5.73 Å². The maximum Gasteiger partial charge on any atom is 0.407 e. The highest BCUT2D eigenvalue weighted by Gasteiger charge is 2.26. The van der Waals surface area contributed by atoms with Gasteiger partial charge in [-0.1, -0.05) is 0 Å². The van der Waals surface area contributed by atoms with Crippen LogP contribution in [0.1, 0.15) is 26.7 Å². The Labute approximate surface area is 73.3 Å². The van der Waals surface area contributed by atoms with Crippen molar-refractivity contribution >= 4 is 6.09 Å². The summed E-state index contributed by atoms with van der Waals surface area (Å²) in [6.07, 6.45) is 0.758. The monoisotopic (exact) mass is 174 g/mol. The molecule has 12 heavy (non-hydrogen) atoms. The van der Waals surface area contributed by atoms with Crippen LogP contribution in [0.4, 0.5) is 4.79 Å². The van der Waals surface area contributed by atoms with E-state index in [9.17, 15) is 4.79 Å². The topological polar surface area (TPSA) is 66.6 Å². The second kappa shape index (κ2) is 4.30. The first kappa shape index (κ1) is 11.2. The van der Waals surface area contributed by atoms with Crippen LogP contribution in [-0.4, -0.2) is 35.2 Å². The van der Waals surface area contributed by atoms with Crippen molar-refractivity contribution in [2.45, 2.75) is 32.2 Å². The van der Waals surface area contributed by atoms with E-state index >= 15 is 0 Å². The molecular formula is C8H18N2O2. The van der Waals surface area contributed by atoms with Crippen LogP contribution >= 0.6 is 0 Å². The summed E-state index contributed by atoms with van der Waals surface area (Å²) < 4.78 is 0. The summed E-state index contributed by atoms with van der Waals surface area (Å²) in [4.78, 5) is 11.9. The molecule has 0 atom stereocenters. The lowest BCUT2D eigenvalue weighted by atomic mass is 9.97. The highest BCUT2D eigenvalue weighted by atomic mass is 16.4. The summed E-state index contributed by atoms with van der Waals surface area (Å²) in [5.74, 6) is 0. The molecule has 0 aliphatic carbocycles. The van der Waals surface area contributed by atoms with E-state index in [1.165, 1.54) is 4.90 Å². The lowest BCUT2D eigenvalue weighted by Crippen LogP contribution is -2.44. The van der Waals surface area contributed by atoms with Gasteiger partial charge in [-0.15, -0.1) is 0 Å². The van der Waals surface area contributed by atoms with Crippen LogP contribution in [0, 0.1) is 0 Å². The van der Waals surface area contributed by atoms with E-state index in [1.54, 1.807) is 7.05 Å². The van der Waals surface area contributed by atoms with Gasteiger partial charge in [0.25, 0.3) is 0 Å². The lowest BCUT2D eigenvalue weighted by Gasteiger charge is -2.33. The predicted molar refractivity (Wildman–Crippen MR) is 48.2 cm³/mol. The van der Waals surface area contributed by atoms with E-state index in [-0.39, 0.29) is 5.54 Å². The van der Waals surface area contributed by atoms with E-state index in [2.05, 4.69) is 0 Å². The van der Waals surface area contributed by atoms with Gasteiger partial charge in [-0.05, 0) is 33.2 Å². The molecule has 0 aromatic carbocycles. The predicted octanol–water partition coefficient (Wildman–Crippen LogP) is 1.11. The number of hydrogen-bond donors (Lipinski definition) is 2. The van der Waals surface area contributed by atoms with Crippen LogP contribution in [0.2, 0.25) is 0 Å². The summed E-state index contributed by atoms with van der Waals surface area (Å²) in [6, 6.07) is 0. The SMILES string of the molecule is CN(C(=O)O)C(C)(C)CCCN. The van der Waals surface area contributed by atoms with Crippen LogP contribution in [0.15, 0.2) is 0 Å². The molecule has 1 amide bonds. The standard InChI is InChI=1S/C8H18N2O2/c1-8(2,5-4-6-9)10(3)7(11)12/h4-6,9H2,1-3H3,(H,11,12). The fraction of sp³-hybridized carbons (Fsp3) is 0.875. The molecule has 0 aliphatic heterocycles. The minimum Gasteiger partial charge on any atom is -0.465 e.